The molecule has 19 heavy (non-hydrogen) atoms. The molecule has 8 heteroatoms. The summed E-state index contributed by atoms with van der Waals surface area (Å²) in [5.74, 6) is -1.08. The summed E-state index contributed by atoms with van der Waals surface area (Å²) in [5, 5.41) is 14.5. The molecule has 1 heterocycles. The molecule has 0 radical (unpaired) electrons. The number of amides is 2. The lowest BCUT2D eigenvalue weighted by molar-refractivity contribution is -0.139. The SMILES string of the molecule is CNCCN(C)C(=O)N[C@@H](Cc1cnc[nH]1)C(=O)O. The normalized spacial score (nSPS) is 11.9. The second kappa shape index (κ2) is 7.37. The zero-order chi connectivity index (χ0) is 14.3. The molecule has 0 aliphatic rings. The first-order valence-corrected chi connectivity index (χ1v) is 5.91. The predicted molar refractivity (Wildman–Crippen MR) is 68.8 cm³/mol. The lowest BCUT2D eigenvalue weighted by atomic mass is 10.1. The van der Waals surface area contributed by atoms with Gasteiger partial charge in [-0.25, -0.2) is 14.6 Å². The maximum Gasteiger partial charge on any atom is 0.326 e. The van der Waals surface area contributed by atoms with Gasteiger partial charge in [0.1, 0.15) is 6.04 Å². The number of hydrogen-bond acceptors (Lipinski definition) is 4. The molecule has 0 aliphatic carbocycles. The third-order valence-corrected chi connectivity index (χ3v) is 2.62. The molecular formula is C11H19N5O3. The van der Waals surface area contributed by atoms with Crippen molar-refractivity contribution in [3.8, 4) is 0 Å². The number of nitrogens with one attached hydrogen (secondary N) is 3. The van der Waals surface area contributed by atoms with Gasteiger partial charge in [0.15, 0.2) is 0 Å². The largest absolute Gasteiger partial charge is 0.480 e. The highest BCUT2D eigenvalue weighted by Crippen LogP contribution is 1.99. The zero-order valence-electron chi connectivity index (χ0n) is 11.0. The highest BCUT2D eigenvalue weighted by molar-refractivity contribution is 5.82. The van der Waals surface area contributed by atoms with Crippen LogP contribution in [0, 0.1) is 0 Å². The molecular weight excluding hydrogens is 250 g/mol. The first-order valence-electron chi connectivity index (χ1n) is 5.91. The monoisotopic (exact) mass is 269 g/mol. The van der Waals surface area contributed by atoms with Crippen LogP contribution in [0.5, 0.6) is 0 Å². The zero-order valence-corrected chi connectivity index (χ0v) is 11.0. The number of likely N-dealkylation sites (N-methyl/N-ethyl adjacent to an activating group) is 2. The summed E-state index contributed by atoms with van der Waals surface area (Å²) in [6.07, 6.45) is 3.17. The van der Waals surface area contributed by atoms with E-state index in [1.54, 1.807) is 14.1 Å². The van der Waals surface area contributed by atoms with Crippen molar-refractivity contribution in [1.29, 1.82) is 0 Å². The second-order valence-corrected chi connectivity index (χ2v) is 4.15. The van der Waals surface area contributed by atoms with E-state index in [-0.39, 0.29) is 6.42 Å². The number of hydrogen-bond donors (Lipinski definition) is 4. The fraction of sp³-hybridized carbons (Fsp3) is 0.545. The number of nitrogens with zero attached hydrogens (tertiary/aromatic N) is 2. The van der Waals surface area contributed by atoms with E-state index in [4.69, 9.17) is 5.11 Å². The predicted octanol–water partition coefficient (Wildman–Crippen LogP) is -0.734. The van der Waals surface area contributed by atoms with E-state index in [1.165, 1.54) is 17.4 Å². The molecule has 0 aliphatic heterocycles. The number of aromatic nitrogens is 2. The number of H-pyrrole nitrogens is 1. The topological polar surface area (TPSA) is 110 Å². The van der Waals surface area contributed by atoms with Crippen LogP contribution in [0.2, 0.25) is 0 Å². The number of rotatable bonds is 7. The van der Waals surface area contributed by atoms with Crippen molar-refractivity contribution in [1.82, 2.24) is 25.5 Å². The third-order valence-electron chi connectivity index (χ3n) is 2.62. The summed E-state index contributed by atoms with van der Waals surface area (Å²) >= 11 is 0. The van der Waals surface area contributed by atoms with Crippen molar-refractivity contribution in [2.45, 2.75) is 12.5 Å². The molecule has 0 spiro atoms. The molecule has 0 saturated carbocycles. The van der Waals surface area contributed by atoms with E-state index < -0.39 is 18.0 Å². The Morgan fingerprint density at radius 3 is 2.84 bits per heavy atom. The summed E-state index contributed by atoms with van der Waals surface area (Å²) in [6, 6.07) is -1.40. The average Bonchev–Trinajstić information content (AvgIpc) is 2.87. The van der Waals surface area contributed by atoms with E-state index >= 15 is 0 Å². The molecule has 106 valence electrons. The quantitative estimate of drug-likeness (QED) is 0.521. The van der Waals surface area contributed by atoms with E-state index in [2.05, 4.69) is 20.6 Å². The Hall–Kier alpha value is -2.09. The molecule has 0 aromatic carbocycles. The molecule has 0 fully saturated rings. The molecule has 4 N–H and O–H groups in total. The van der Waals surface area contributed by atoms with Crippen LogP contribution in [-0.2, 0) is 11.2 Å². The number of carbonyl (C=O) groups excluding carboxylic acids is 1. The van der Waals surface area contributed by atoms with Crippen LogP contribution in [0.3, 0.4) is 0 Å². The summed E-state index contributed by atoms with van der Waals surface area (Å²) in [7, 11) is 3.39. The minimum absolute atomic E-state index is 0.168. The first-order chi connectivity index (χ1) is 9.04. The van der Waals surface area contributed by atoms with Gasteiger partial charge in [-0.3, -0.25) is 0 Å². The highest BCUT2D eigenvalue weighted by Gasteiger charge is 2.22. The van der Waals surface area contributed by atoms with E-state index in [9.17, 15) is 9.59 Å². The number of aromatic amines is 1. The summed E-state index contributed by atoms with van der Waals surface area (Å²) in [4.78, 5) is 31.0. The molecule has 2 amide bonds. The summed E-state index contributed by atoms with van der Waals surface area (Å²) < 4.78 is 0. The molecule has 0 bridgehead atoms. The summed E-state index contributed by atoms with van der Waals surface area (Å²) in [5.41, 5.74) is 0.658. The first kappa shape index (κ1) is 15.0. The van der Waals surface area contributed by atoms with Crippen LogP contribution in [-0.4, -0.2) is 65.2 Å². The fourth-order valence-electron chi connectivity index (χ4n) is 1.46. The van der Waals surface area contributed by atoms with Crippen LogP contribution in [0.4, 0.5) is 4.79 Å². The van der Waals surface area contributed by atoms with Crippen molar-refractivity contribution in [3.63, 3.8) is 0 Å². The van der Waals surface area contributed by atoms with Crippen LogP contribution >= 0.6 is 0 Å². The summed E-state index contributed by atoms with van der Waals surface area (Å²) in [6.45, 7) is 1.14. The van der Waals surface area contributed by atoms with Crippen LogP contribution in [0.15, 0.2) is 12.5 Å². The lowest BCUT2D eigenvalue weighted by Gasteiger charge is -2.21. The van der Waals surface area contributed by atoms with Gasteiger partial charge in [-0.15, -0.1) is 0 Å². The molecule has 0 unspecified atom stereocenters. The maximum atomic E-state index is 11.8. The van der Waals surface area contributed by atoms with Crippen molar-refractivity contribution >= 4 is 12.0 Å². The smallest absolute Gasteiger partial charge is 0.326 e. The Balaban J connectivity index is 2.53. The second-order valence-electron chi connectivity index (χ2n) is 4.15. The van der Waals surface area contributed by atoms with Crippen LogP contribution in [0.1, 0.15) is 5.69 Å². The average molecular weight is 269 g/mol. The molecule has 0 saturated heterocycles. The Bertz CT molecular complexity index is 406. The van der Waals surface area contributed by atoms with Crippen LogP contribution in [0.25, 0.3) is 0 Å². The Morgan fingerprint density at radius 1 is 1.58 bits per heavy atom. The van der Waals surface area contributed by atoms with Gasteiger partial charge >= 0.3 is 12.0 Å². The van der Waals surface area contributed by atoms with Gasteiger partial charge in [0.25, 0.3) is 0 Å². The molecule has 1 rings (SSSR count). The van der Waals surface area contributed by atoms with Crippen LogP contribution < -0.4 is 10.6 Å². The van der Waals surface area contributed by atoms with Gasteiger partial charge in [-0.05, 0) is 7.05 Å². The minimum Gasteiger partial charge on any atom is -0.480 e. The van der Waals surface area contributed by atoms with Crippen molar-refractivity contribution < 1.29 is 14.7 Å². The van der Waals surface area contributed by atoms with Crippen molar-refractivity contribution in [3.05, 3.63) is 18.2 Å². The molecule has 8 nitrogen and oxygen atoms in total. The Kier molecular flexibility index (Phi) is 5.80. The van der Waals surface area contributed by atoms with Gasteiger partial charge in [0, 0.05) is 38.4 Å². The van der Waals surface area contributed by atoms with Gasteiger partial charge in [0.2, 0.25) is 0 Å². The van der Waals surface area contributed by atoms with Crippen molar-refractivity contribution in [2.75, 3.05) is 27.2 Å². The number of imidazole rings is 1. The van der Waals surface area contributed by atoms with E-state index in [0.29, 0.717) is 18.8 Å². The van der Waals surface area contributed by atoms with Crippen molar-refractivity contribution in [2.24, 2.45) is 0 Å². The van der Waals surface area contributed by atoms with Gasteiger partial charge in [-0.1, -0.05) is 0 Å². The van der Waals surface area contributed by atoms with Gasteiger partial charge < -0.3 is 25.6 Å². The Labute approximate surface area is 111 Å². The van der Waals surface area contributed by atoms with Gasteiger partial charge in [-0.2, -0.15) is 0 Å². The molecule has 1 atom stereocenters. The molecule has 1 aromatic rings. The molecule has 1 aromatic heterocycles. The minimum atomic E-state index is -1.08. The third kappa shape index (κ3) is 4.96. The lowest BCUT2D eigenvalue weighted by Crippen LogP contribution is -2.48. The number of carboxylic acids is 1. The number of carbonyl (C=O) groups is 2. The van der Waals surface area contributed by atoms with E-state index in [0.717, 1.165) is 0 Å². The highest BCUT2D eigenvalue weighted by atomic mass is 16.4. The number of urea groups is 1. The number of carboxylic acid groups (broad SMARTS) is 1. The standard InChI is InChI=1S/C11H19N5O3/c1-12-3-4-16(2)11(19)15-9(10(17)18)5-8-6-13-7-14-8/h6-7,9,12H,3-5H2,1-2H3,(H,13,14)(H,15,19)(H,17,18)/t9-/m0/s1. The van der Waals surface area contributed by atoms with E-state index in [1.807, 2.05) is 0 Å². The van der Waals surface area contributed by atoms with Gasteiger partial charge in [0.05, 0.1) is 6.33 Å². The maximum absolute atomic E-state index is 11.8. The number of aliphatic carboxylic acids is 1. The fourth-order valence-corrected chi connectivity index (χ4v) is 1.46. The Morgan fingerprint density at radius 2 is 2.32 bits per heavy atom.